The van der Waals surface area contributed by atoms with Gasteiger partial charge in [-0.05, 0) is 35.7 Å². The van der Waals surface area contributed by atoms with Crippen LogP contribution in [-0.2, 0) is 18.6 Å². The van der Waals surface area contributed by atoms with Gasteiger partial charge in [0.1, 0.15) is 0 Å². The molecule has 3 aromatic carbocycles. The number of imidazole rings is 1. The van der Waals surface area contributed by atoms with E-state index in [1.54, 1.807) is 0 Å². The number of aliphatic hydroxyl groups is 1. The quantitative estimate of drug-likeness (QED) is 0.568. The summed E-state index contributed by atoms with van der Waals surface area (Å²) < 4.78 is 2.04. The summed E-state index contributed by atoms with van der Waals surface area (Å²) in [6, 6.07) is 27.3. The lowest BCUT2D eigenvalue weighted by Gasteiger charge is -2.29. The Morgan fingerprint density at radius 2 is 1.57 bits per heavy atom. The van der Waals surface area contributed by atoms with Crippen molar-refractivity contribution in [3.63, 3.8) is 0 Å². The molecular weight excluding hydrogens is 346 g/mol. The van der Waals surface area contributed by atoms with E-state index in [9.17, 15) is 5.11 Å². The lowest BCUT2D eigenvalue weighted by molar-refractivity contribution is 0.112. The number of nitrogens with zero attached hydrogens (tertiary/aromatic N) is 3. The highest BCUT2D eigenvalue weighted by atomic mass is 16.3. The van der Waals surface area contributed by atoms with Crippen molar-refractivity contribution in [2.45, 2.75) is 25.5 Å². The molecule has 138 valence electrons. The van der Waals surface area contributed by atoms with Crippen LogP contribution in [0.5, 0.6) is 0 Å². The molecule has 0 aliphatic carbocycles. The van der Waals surface area contributed by atoms with Crippen molar-refractivity contribution in [1.29, 1.82) is 5.26 Å². The van der Waals surface area contributed by atoms with Crippen molar-refractivity contribution >= 4 is 11.0 Å². The summed E-state index contributed by atoms with van der Waals surface area (Å²) in [5.74, 6) is 0.580. The Labute approximate surface area is 164 Å². The van der Waals surface area contributed by atoms with Crippen LogP contribution in [0, 0.1) is 11.3 Å². The van der Waals surface area contributed by atoms with Crippen LogP contribution in [0.1, 0.15) is 29.4 Å². The fourth-order valence-electron chi connectivity index (χ4n) is 3.75. The predicted octanol–water partition coefficient (Wildman–Crippen LogP) is 4.41. The Morgan fingerprint density at radius 3 is 2.11 bits per heavy atom. The molecule has 0 saturated carbocycles. The van der Waals surface area contributed by atoms with E-state index in [4.69, 9.17) is 10.2 Å². The van der Waals surface area contributed by atoms with Gasteiger partial charge < -0.3 is 9.67 Å². The third-order valence-corrected chi connectivity index (χ3v) is 5.12. The highest BCUT2D eigenvalue weighted by molar-refractivity contribution is 5.78. The molecule has 0 aliphatic rings. The van der Waals surface area contributed by atoms with E-state index in [1.165, 1.54) is 0 Å². The Morgan fingerprint density at radius 1 is 0.964 bits per heavy atom. The van der Waals surface area contributed by atoms with Gasteiger partial charge in [-0.2, -0.15) is 5.26 Å². The second kappa shape index (κ2) is 7.30. The van der Waals surface area contributed by atoms with E-state index in [0.29, 0.717) is 18.8 Å². The van der Waals surface area contributed by atoms with Crippen molar-refractivity contribution in [1.82, 2.24) is 9.55 Å². The first-order valence-corrected chi connectivity index (χ1v) is 9.38. The molecule has 0 aliphatic heterocycles. The molecule has 4 heteroatoms. The summed E-state index contributed by atoms with van der Waals surface area (Å²) in [4.78, 5) is 4.84. The number of hydrogen-bond acceptors (Lipinski definition) is 3. The molecule has 0 radical (unpaired) electrons. The largest absolute Gasteiger partial charge is 0.373 e. The van der Waals surface area contributed by atoms with E-state index in [2.05, 4.69) is 6.07 Å². The summed E-state index contributed by atoms with van der Waals surface area (Å²) >= 11 is 0. The van der Waals surface area contributed by atoms with Crippen LogP contribution in [0.4, 0.5) is 0 Å². The molecule has 0 fully saturated rings. The topological polar surface area (TPSA) is 61.8 Å². The van der Waals surface area contributed by atoms with Gasteiger partial charge in [0.15, 0.2) is 11.4 Å². The smallest absolute Gasteiger partial charge is 0.173 e. The number of aromatic nitrogens is 2. The predicted molar refractivity (Wildman–Crippen MR) is 110 cm³/mol. The zero-order valence-electron chi connectivity index (χ0n) is 15.7. The average molecular weight is 367 g/mol. The monoisotopic (exact) mass is 367 g/mol. The number of fused-ring (bicyclic) bond motifs is 1. The van der Waals surface area contributed by atoms with Crippen LogP contribution in [0.15, 0.2) is 78.9 Å². The SMILES string of the molecule is CCn1c(C(O)(c2ccccc2)c2ccccc2)nc2ccc(CC#N)cc21. The van der Waals surface area contributed by atoms with E-state index in [-0.39, 0.29) is 0 Å². The molecule has 1 aromatic heterocycles. The Bertz CT molecular complexity index is 1100. The molecule has 0 amide bonds. The van der Waals surface area contributed by atoms with Crippen molar-refractivity contribution in [2.75, 3.05) is 0 Å². The molecule has 1 heterocycles. The highest BCUT2D eigenvalue weighted by Crippen LogP contribution is 2.37. The van der Waals surface area contributed by atoms with Gasteiger partial charge in [-0.15, -0.1) is 0 Å². The first kappa shape index (κ1) is 18.0. The van der Waals surface area contributed by atoms with Crippen LogP contribution in [-0.4, -0.2) is 14.7 Å². The summed E-state index contributed by atoms with van der Waals surface area (Å²) in [7, 11) is 0. The minimum atomic E-state index is -1.38. The molecule has 0 bridgehead atoms. The minimum Gasteiger partial charge on any atom is -0.373 e. The van der Waals surface area contributed by atoms with E-state index in [0.717, 1.165) is 27.7 Å². The lowest BCUT2D eigenvalue weighted by Crippen LogP contribution is -2.32. The maximum atomic E-state index is 12.1. The fourth-order valence-corrected chi connectivity index (χ4v) is 3.75. The van der Waals surface area contributed by atoms with E-state index < -0.39 is 5.60 Å². The van der Waals surface area contributed by atoms with Gasteiger partial charge in [0.25, 0.3) is 0 Å². The van der Waals surface area contributed by atoms with Gasteiger partial charge in [0.2, 0.25) is 0 Å². The molecule has 4 rings (SSSR count). The summed E-state index contributed by atoms with van der Waals surface area (Å²) in [5, 5.41) is 21.1. The lowest BCUT2D eigenvalue weighted by atomic mass is 9.85. The third kappa shape index (κ3) is 2.87. The Kier molecular flexibility index (Phi) is 4.68. The van der Waals surface area contributed by atoms with Gasteiger partial charge in [0.05, 0.1) is 23.5 Å². The van der Waals surface area contributed by atoms with Crippen molar-refractivity contribution in [3.8, 4) is 6.07 Å². The standard InChI is InChI=1S/C24H21N3O/c1-2-27-22-17-18(15-16-25)13-14-21(22)26-23(27)24(28,19-9-5-3-6-10-19)20-11-7-4-8-12-20/h3-14,17,28H,2,15H2,1H3. The molecule has 0 saturated heterocycles. The maximum absolute atomic E-state index is 12.1. The normalized spacial score (nSPS) is 11.5. The fraction of sp³-hybridized carbons (Fsp3) is 0.167. The second-order valence-corrected chi connectivity index (χ2v) is 6.78. The molecular formula is C24H21N3O. The summed E-state index contributed by atoms with van der Waals surface area (Å²) in [6.45, 7) is 2.70. The van der Waals surface area contributed by atoms with Gasteiger partial charge in [-0.1, -0.05) is 66.7 Å². The number of hydrogen-bond donors (Lipinski definition) is 1. The van der Waals surface area contributed by atoms with Crippen LogP contribution in [0.2, 0.25) is 0 Å². The first-order valence-electron chi connectivity index (χ1n) is 9.38. The van der Waals surface area contributed by atoms with E-state index >= 15 is 0 Å². The summed E-state index contributed by atoms with van der Waals surface area (Å²) in [6.07, 6.45) is 0.349. The van der Waals surface area contributed by atoms with Crippen molar-refractivity contribution < 1.29 is 5.11 Å². The third-order valence-electron chi connectivity index (χ3n) is 5.12. The molecule has 28 heavy (non-hydrogen) atoms. The second-order valence-electron chi connectivity index (χ2n) is 6.78. The van der Waals surface area contributed by atoms with Gasteiger partial charge >= 0.3 is 0 Å². The highest BCUT2D eigenvalue weighted by Gasteiger charge is 2.38. The molecule has 4 nitrogen and oxygen atoms in total. The van der Waals surface area contributed by atoms with Gasteiger partial charge in [-0.3, -0.25) is 0 Å². The van der Waals surface area contributed by atoms with Crippen LogP contribution < -0.4 is 0 Å². The molecule has 0 atom stereocenters. The number of aryl methyl sites for hydroxylation is 1. The van der Waals surface area contributed by atoms with Crippen LogP contribution >= 0.6 is 0 Å². The minimum absolute atomic E-state index is 0.349. The molecule has 1 N–H and O–H groups in total. The number of rotatable bonds is 5. The first-order chi connectivity index (χ1) is 13.7. The Hall–Kier alpha value is -3.42. The van der Waals surface area contributed by atoms with E-state index in [1.807, 2.05) is 90.4 Å². The Balaban J connectivity index is 2.02. The summed E-state index contributed by atoms with van der Waals surface area (Å²) in [5.41, 5.74) is 2.83. The van der Waals surface area contributed by atoms with Gasteiger partial charge in [0, 0.05) is 6.54 Å². The van der Waals surface area contributed by atoms with Crippen LogP contribution in [0.25, 0.3) is 11.0 Å². The zero-order chi connectivity index (χ0) is 19.6. The number of nitriles is 1. The molecule has 0 unspecified atom stereocenters. The molecule has 0 spiro atoms. The number of benzene rings is 3. The maximum Gasteiger partial charge on any atom is 0.173 e. The zero-order valence-corrected chi connectivity index (χ0v) is 15.7. The average Bonchev–Trinajstić information content (AvgIpc) is 3.13. The van der Waals surface area contributed by atoms with Crippen molar-refractivity contribution in [3.05, 3.63) is 101 Å². The molecule has 4 aromatic rings. The van der Waals surface area contributed by atoms with Gasteiger partial charge in [-0.25, -0.2) is 4.98 Å². The van der Waals surface area contributed by atoms with Crippen LogP contribution in [0.3, 0.4) is 0 Å². The van der Waals surface area contributed by atoms with Crippen molar-refractivity contribution in [2.24, 2.45) is 0 Å².